The first-order chi connectivity index (χ1) is 8.60. The van der Waals surface area contributed by atoms with Crippen LogP contribution in [0.5, 0.6) is 0 Å². The Labute approximate surface area is 122 Å². The van der Waals surface area contributed by atoms with Gasteiger partial charge in [-0.2, -0.15) is 0 Å². The molecule has 0 aromatic heterocycles. The van der Waals surface area contributed by atoms with E-state index < -0.39 is 0 Å². The molecule has 2 heteroatoms. The number of ketones is 1. The van der Waals surface area contributed by atoms with Gasteiger partial charge in [-0.05, 0) is 54.9 Å². The minimum atomic E-state index is 0.222. The van der Waals surface area contributed by atoms with Gasteiger partial charge in [0.15, 0.2) is 5.78 Å². The van der Waals surface area contributed by atoms with Crippen LogP contribution in [-0.2, 0) is 0 Å². The molecule has 0 aliphatic rings. The molecule has 1 rings (SSSR count). The summed E-state index contributed by atoms with van der Waals surface area (Å²) >= 11 is 6.14. The average molecular weight is 281 g/mol. The second-order valence-electron chi connectivity index (χ2n) is 6.92. The summed E-state index contributed by atoms with van der Waals surface area (Å²) in [5, 5.41) is 0.763. The van der Waals surface area contributed by atoms with Crippen molar-refractivity contribution in [3.8, 4) is 0 Å². The standard InChI is InChI=1S/C17H25ClO/c1-11(10-17(4,5)6)7-15(19)14-8-12(2)16(18)13(3)9-14/h8-9,11H,7,10H2,1-6H3. The predicted molar refractivity (Wildman–Crippen MR) is 83.1 cm³/mol. The third-order valence-corrected chi connectivity index (χ3v) is 3.85. The largest absolute Gasteiger partial charge is 0.294 e. The molecule has 0 spiro atoms. The van der Waals surface area contributed by atoms with Crippen molar-refractivity contribution in [2.45, 2.75) is 54.4 Å². The van der Waals surface area contributed by atoms with E-state index in [1.165, 1.54) is 0 Å². The van der Waals surface area contributed by atoms with Crippen molar-refractivity contribution in [2.24, 2.45) is 11.3 Å². The molecule has 0 saturated heterocycles. The van der Waals surface area contributed by atoms with E-state index >= 15 is 0 Å². The fraction of sp³-hybridized carbons (Fsp3) is 0.588. The molecule has 0 bridgehead atoms. The molecule has 0 aliphatic carbocycles. The lowest BCUT2D eigenvalue weighted by molar-refractivity contribution is 0.0954. The maximum atomic E-state index is 12.3. The lowest BCUT2D eigenvalue weighted by Crippen LogP contribution is -2.14. The molecule has 0 N–H and O–H groups in total. The molecule has 0 fully saturated rings. The van der Waals surface area contributed by atoms with Gasteiger partial charge >= 0.3 is 0 Å². The molecule has 0 saturated carbocycles. The van der Waals surface area contributed by atoms with Crippen molar-refractivity contribution in [3.05, 3.63) is 33.8 Å². The molecule has 0 heterocycles. The van der Waals surface area contributed by atoms with Gasteiger partial charge in [0.05, 0.1) is 0 Å². The van der Waals surface area contributed by atoms with E-state index in [-0.39, 0.29) is 11.2 Å². The normalized spacial score (nSPS) is 13.4. The Balaban J connectivity index is 2.79. The molecule has 1 nitrogen and oxygen atoms in total. The number of halogens is 1. The van der Waals surface area contributed by atoms with Crippen LogP contribution in [0.3, 0.4) is 0 Å². The number of benzene rings is 1. The summed E-state index contributed by atoms with van der Waals surface area (Å²) in [6.07, 6.45) is 1.67. The van der Waals surface area contributed by atoms with E-state index in [1.54, 1.807) is 0 Å². The number of carbonyl (C=O) groups is 1. The van der Waals surface area contributed by atoms with Crippen LogP contribution in [0.25, 0.3) is 0 Å². The topological polar surface area (TPSA) is 17.1 Å². The quantitative estimate of drug-likeness (QED) is 0.656. The minimum absolute atomic E-state index is 0.222. The van der Waals surface area contributed by atoms with Gasteiger partial charge in [0, 0.05) is 17.0 Å². The number of hydrogen-bond donors (Lipinski definition) is 0. The lowest BCUT2D eigenvalue weighted by Gasteiger charge is -2.22. The van der Waals surface area contributed by atoms with Gasteiger partial charge in [0.2, 0.25) is 0 Å². The molecule has 106 valence electrons. The van der Waals surface area contributed by atoms with Crippen LogP contribution in [-0.4, -0.2) is 5.78 Å². The Morgan fingerprint density at radius 3 is 2.11 bits per heavy atom. The van der Waals surface area contributed by atoms with Crippen LogP contribution < -0.4 is 0 Å². The minimum Gasteiger partial charge on any atom is -0.294 e. The maximum absolute atomic E-state index is 12.3. The van der Waals surface area contributed by atoms with Gasteiger partial charge in [0.25, 0.3) is 0 Å². The summed E-state index contributed by atoms with van der Waals surface area (Å²) in [6, 6.07) is 3.81. The SMILES string of the molecule is Cc1cc(C(=O)CC(C)CC(C)(C)C)cc(C)c1Cl. The van der Waals surface area contributed by atoms with E-state index in [9.17, 15) is 4.79 Å². The van der Waals surface area contributed by atoms with Crippen molar-refractivity contribution in [1.29, 1.82) is 0 Å². The Morgan fingerprint density at radius 2 is 1.68 bits per heavy atom. The van der Waals surface area contributed by atoms with Crippen LogP contribution in [0, 0.1) is 25.2 Å². The van der Waals surface area contributed by atoms with Crippen LogP contribution >= 0.6 is 11.6 Å². The van der Waals surface area contributed by atoms with Crippen molar-refractivity contribution in [3.63, 3.8) is 0 Å². The van der Waals surface area contributed by atoms with Gasteiger partial charge in [-0.3, -0.25) is 4.79 Å². The molecule has 1 aromatic carbocycles. The summed E-state index contributed by atoms with van der Waals surface area (Å²) in [5.74, 6) is 0.628. The smallest absolute Gasteiger partial charge is 0.163 e. The van der Waals surface area contributed by atoms with E-state index in [0.29, 0.717) is 12.3 Å². The number of Topliss-reactive ketones (excluding diaryl/α,β-unsaturated/α-hetero) is 1. The Kier molecular flexibility index (Phi) is 5.20. The third kappa shape index (κ3) is 4.99. The summed E-state index contributed by atoms with van der Waals surface area (Å²) in [5.41, 5.74) is 3.02. The highest BCUT2D eigenvalue weighted by Crippen LogP contribution is 2.28. The Hall–Kier alpha value is -0.820. The fourth-order valence-electron chi connectivity index (χ4n) is 2.66. The molecule has 1 unspecified atom stereocenters. The molecular weight excluding hydrogens is 256 g/mol. The molecule has 0 radical (unpaired) electrons. The average Bonchev–Trinajstić information content (AvgIpc) is 2.22. The molecule has 1 aromatic rings. The summed E-state index contributed by atoms with van der Waals surface area (Å²) < 4.78 is 0. The number of carbonyl (C=O) groups excluding carboxylic acids is 1. The first-order valence-electron chi connectivity index (χ1n) is 6.90. The Bertz CT molecular complexity index is 446. The first kappa shape index (κ1) is 16.2. The van der Waals surface area contributed by atoms with E-state index in [4.69, 9.17) is 11.6 Å². The van der Waals surface area contributed by atoms with E-state index in [2.05, 4.69) is 27.7 Å². The Morgan fingerprint density at radius 1 is 1.21 bits per heavy atom. The van der Waals surface area contributed by atoms with Crippen molar-refractivity contribution in [1.82, 2.24) is 0 Å². The van der Waals surface area contributed by atoms with E-state index in [0.717, 1.165) is 28.1 Å². The highest BCUT2D eigenvalue weighted by atomic mass is 35.5. The van der Waals surface area contributed by atoms with Crippen LogP contribution in [0.4, 0.5) is 0 Å². The van der Waals surface area contributed by atoms with Crippen molar-refractivity contribution in [2.75, 3.05) is 0 Å². The predicted octanol–water partition coefficient (Wildman–Crippen LogP) is 5.60. The number of hydrogen-bond acceptors (Lipinski definition) is 1. The second kappa shape index (κ2) is 6.09. The lowest BCUT2D eigenvalue weighted by atomic mass is 9.83. The second-order valence-corrected chi connectivity index (χ2v) is 7.30. The third-order valence-electron chi connectivity index (χ3n) is 3.25. The fourth-order valence-corrected chi connectivity index (χ4v) is 2.77. The van der Waals surface area contributed by atoms with Gasteiger partial charge in [-0.15, -0.1) is 0 Å². The van der Waals surface area contributed by atoms with Crippen molar-refractivity contribution >= 4 is 17.4 Å². The monoisotopic (exact) mass is 280 g/mol. The molecule has 1 atom stereocenters. The zero-order valence-electron chi connectivity index (χ0n) is 12.9. The molecule has 0 amide bonds. The highest BCUT2D eigenvalue weighted by molar-refractivity contribution is 6.32. The van der Waals surface area contributed by atoms with Gasteiger partial charge in [-0.1, -0.05) is 39.3 Å². The van der Waals surface area contributed by atoms with Crippen LogP contribution in [0.1, 0.15) is 62.0 Å². The molecular formula is C17H25ClO. The number of aryl methyl sites for hydroxylation is 2. The van der Waals surface area contributed by atoms with Gasteiger partial charge in [0.1, 0.15) is 0 Å². The van der Waals surface area contributed by atoms with Crippen molar-refractivity contribution < 1.29 is 4.79 Å². The zero-order valence-corrected chi connectivity index (χ0v) is 13.7. The molecule has 0 aliphatic heterocycles. The maximum Gasteiger partial charge on any atom is 0.163 e. The zero-order chi connectivity index (χ0) is 14.8. The highest BCUT2D eigenvalue weighted by Gasteiger charge is 2.19. The van der Waals surface area contributed by atoms with Crippen LogP contribution in [0.2, 0.25) is 5.02 Å². The molecule has 19 heavy (non-hydrogen) atoms. The van der Waals surface area contributed by atoms with Gasteiger partial charge < -0.3 is 0 Å². The summed E-state index contributed by atoms with van der Waals surface area (Å²) in [4.78, 5) is 12.3. The first-order valence-corrected chi connectivity index (χ1v) is 7.28. The summed E-state index contributed by atoms with van der Waals surface area (Å²) in [7, 11) is 0. The summed E-state index contributed by atoms with van der Waals surface area (Å²) in [6.45, 7) is 12.7. The van der Waals surface area contributed by atoms with E-state index in [1.807, 2.05) is 26.0 Å². The van der Waals surface area contributed by atoms with Gasteiger partial charge in [-0.25, -0.2) is 0 Å². The number of rotatable bonds is 4. The van der Waals surface area contributed by atoms with Crippen LogP contribution in [0.15, 0.2) is 12.1 Å².